The first-order chi connectivity index (χ1) is 5.60. The van der Waals surface area contributed by atoms with Crippen LogP contribution in [0.15, 0.2) is 12.3 Å². The molecule has 0 unspecified atom stereocenters. The molecule has 70 valence electrons. The molecule has 1 N–H and O–H groups in total. The standard InChI is InChI=1S/C7H14O4Si/c1-4-12(10-2,11-3)6-5-7(8)9/h4H,1,5-6H2,2-3H3,(H,8,9). The van der Waals surface area contributed by atoms with Crippen LogP contribution in [0.3, 0.4) is 0 Å². The summed E-state index contributed by atoms with van der Waals surface area (Å²) in [6.07, 6.45) is 0.0555. The Morgan fingerprint density at radius 1 is 1.58 bits per heavy atom. The van der Waals surface area contributed by atoms with Gasteiger partial charge in [0.1, 0.15) is 0 Å². The van der Waals surface area contributed by atoms with E-state index in [2.05, 4.69) is 6.58 Å². The van der Waals surface area contributed by atoms with E-state index in [1.807, 2.05) is 0 Å². The minimum atomic E-state index is -2.40. The summed E-state index contributed by atoms with van der Waals surface area (Å²) in [6.45, 7) is 3.57. The lowest BCUT2D eigenvalue weighted by molar-refractivity contribution is -0.136. The lowest BCUT2D eigenvalue weighted by atomic mass is 10.5. The third kappa shape index (κ3) is 3.16. The summed E-state index contributed by atoms with van der Waals surface area (Å²) in [6, 6.07) is 0.402. The van der Waals surface area contributed by atoms with Gasteiger partial charge in [-0.05, 0) is 5.70 Å². The van der Waals surface area contributed by atoms with E-state index in [-0.39, 0.29) is 6.42 Å². The third-order valence-electron chi connectivity index (χ3n) is 1.69. The fourth-order valence-electron chi connectivity index (χ4n) is 0.837. The summed E-state index contributed by atoms with van der Waals surface area (Å²) in [5.74, 6) is -0.845. The molecule has 0 saturated heterocycles. The van der Waals surface area contributed by atoms with Gasteiger partial charge in [-0.2, -0.15) is 0 Å². The van der Waals surface area contributed by atoms with E-state index in [9.17, 15) is 4.79 Å². The maximum atomic E-state index is 10.3. The van der Waals surface area contributed by atoms with Gasteiger partial charge in [-0.1, -0.05) is 0 Å². The van der Waals surface area contributed by atoms with Gasteiger partial charge in [0, 0.05) is 26.7 Å². The Hall–Kier alpha value is -0.653. The van der Waals surface area contributed by atoms with Crippen LogP contribution in [-0.4, -0.2) is 33.9 Å². The number of rotatable bonds is 6. The lowest BCUT2D eigenvalue weighted by Gasteiger charge is -2.22. The van der Waals surface area contributed by atoms with Crippen LogP contribution >= 0.6 is 0 Å². The number of aliphatic carboxylic acids is 1. The van der Waals surface area contributed by atoms with Crippen LogP contribution in [-0.2, 0) is 13.6 Å². The molecule has 0 aromatic heterocycles. The molecular formula is C7H14O4Si. The minimum Gasteiger partial charge on any atom is -0.481 e. The molecule has 4 nitrogen and oxygen atoms in total. The zero-order valence-electron chi connectivity index (χ0n) is 7.37. The molecule has 0 heterocycles. The smallest absolute Gasteiger partial charge is 0.364 e. The van der Waals surface area contributed by atoms with Crippen molar-refractivity contribution in [1.82, 2.24) is 0 Å². The average Bonchev–Trinajstić information content (AvgIpc) is 2.08. The van der Waals surface area contributed by atoms with Crippen molar-refractivity contribution in [2.24, 2.45) is 0 Å². The van der Waals surface area contributed by atoms with E-state index < -0.39 is 14.5 Å². The van der Waals surface area contributed by atoms with E-state index in [0.717, 1.165) is 0 Å². The van der Waals surface area contributed by atoms with Crippen LogP contribution in [0.2, 0.25) is 6.04 Å². The molecule has 0 saturated carbocycles. The van der Waals surface area contributed by atoms with Crippen molar-refractivity contribution in [2.75, 3.05) is 14.2 Å². The topological polar surface area (TPSA) is 55.8 Å². The first kappa shape index (κ1) is 11.3. The monoisotopic (exact) mass is 190 g/mol. The highest BCUT2D eigenvalue weighted by molar-refractivity contribution is 6.72. The van der Waals surface area contributed by atoms with Crippen molar-refractivity contribution in [2.45, 2.75) is 12.5 Å². The molecule has 0 atom stereocenters. The van der Waals surface area contributed by atoms with Crippen molar-refractivity contribution in [3.8, 4) is 0 Å². The van der Waals surface area contributed by atoms with Gasteiger partial charge in [-0.3, -0.25) is 4.79 Å². The zero-order chi connectivity index (χ0) is 9.61. The summed E-state index contributed by atoms with van der Waals surface area (Å²) < 4.78 is 10.2. The predicted molar refractivity (Wildman–Crippen MR) is 47.0 cm³/mol. The molecule has 0 aliphatic heterocycles. The lowest BCUT2D eigenvalue weighted by Crippen LogP contribution is -2.38. The summed E-state index contributed by atoms with van der Waals surface area (Å²) in [4.78, 5) is 10.3. The van der Waals surface area contributed by atoms with Crippen LogP contribution in [0, 0.1) is 0 Å². The van der Waals surface area contributed by atoms with Gasteiger partial charge < -0.3 is 14.0 Å². The normalized spacial score (nSPS) is 11.2. The summed E-state index contributed by atoms with van der Waals surface area (Å²) >= 11 is 0. The second-order valence-electron chi connectivity index (χ2n) is 2.32. The van der Waals surface area contributed by atoms with Crippen LogP contribution in [0.25, 0.3) is 0 Å². The van der Waals surface area contributed by atoms with E-state index >= 15 is 0 Å². The molecule has 0 aromatic carbocycles. The highest BCUT2D eigenvalue weighted by Gasteiger charge is 2.31. The molecule has 12 heavy (non-hydrogen) atoms. The van der Waals surface area contributed by atoms with Gasteiger partial charge in [0.15, 0.2) is 0 Å². The Labute approximate surface area is 73.0 Å². The Morgan fingerprint density at radius 3 is 2.33 bits per heavy atom. The maximum Gasteiger partial charge on any atom is 0.364 e. The number of carboxylic acids is 1. The molecule has 0 aliphatic rings. The number of carboxylic acid groups (broad SMARTS) is 1. The molecule has 0 radical (unpaired) electrons. The van der Waals surface area contributed by atoms with Gasteiger partial charge in [0.05, 0.1) is 0 Å². The molecule has 0 aliphatic carbocycles. The zero-order valence-corrected chi connectivity index (χ0v) is 8.37. The van der Waals surface area contributed by atoms with E-state index in [1.165, 1.54) is 14.2 Å². The van der Waals surface area contributed by atoms with Crippen molar-refractivity contribution in [3.63, 3.8) is 0 Å². The van der Waals surface area contributed by atoms with Crippen molar-refractivity contribution < 1.29 is 18.8 Å². The number of carbonyl (C=O) groups is 1. The highest BCUT2D eigenvalue weighted by atomic mass is 28.4. The van der Waals surface area contributed by atoms with Gasteiger partial charge >= 0.3 is 14.5 Å². The highest BCUT2D eigenvalue weighted by Crippen LogP contribution is 2.14. The first-order valence-electron chi connectivity index (χ1n) is 3.56. The van der Waals surface area contributed by atoms with Crippen molar-refractivity contribution >= 4 is 14.5 Å². The molecule has 0 spiro atoms. The molecule has 0 fully saturated rings. The molecule has 0 bridgehead atoms. The summed E-state index contributed by atoms with van der Waals surface area (Å²) in [7, 11) is 0.629. The van der Waals surface area contributed by atoms with E-state index in [1.54, 1.807) is 5.70 Å². The van der Waals surface area contributed by atoms with Crippen LogP contribution in [0.4, 0.5) is 0 Å². The molecule has 0 rings (SSSR count). The van der Waals surface area contributed by atoms with Gasteiger partial charge in [0.25, 0.3) is 0 Å². The van der Waals surface area contributed by atoms with Crippen molar-refractivity contribution in [3.05, 3.63) is 12.3 Å². The van der Waals surface area contributed by atoms with Crippen LogP contribution in [0.5, 0.6) is 0 Å². The second kappa shape index (κ2) is 5.07. The van der Waals surface area contributed by atoms with Gasteiger partial charge in [-0.15, -0.1) is 6.58 Å². The van der Waals surface area contributed by atoms with Gasteiger partial charge in [-0.25, -0.2) is 0 Å². The SMILES string of the molecule is C=C[Si](CCC(=O)O)(OC)OC. The first-order valence-corrected chi connectivity index (χ1v) is 5.66. The average molecular weight is 190 g/mol. The fraction of sp³-hybridized carbons (Fsp3) is 0.571. The second-order valence-corrected chi connectivity index (χ2v) is 5.67. The van der Waals surface area contributed by atoms with Gasteiger partial charge in [0.2, 0.25) is 0 Å². The maximum absolute atomic E-state index is 10.3. The quantitative estimate of drug-likeness (QED) is 0.633. The predicted octanol–water partition coefficient (Wildman–Crippen LogP) is 0.921. The molecule has 0 amide bonds. The molecule has 0 aromatic rings. The third-order valence-corrected chi connectivity index (χ3v) is 4.64. The summed E-state index contributed by atoms with van der Waals surface area (Å²) in [5, 5.41) is 8.44. The van der Waals surface area contributed by atoms with Crippen LogP contribution in [0.1, 0.15) is 6.42 Å². The van der Waals surface area contributed by atoms with E-state index in [0.29, 0.717) is 6.04 Å². The largest absolute Gasteiger partial charge is 0.481 e. The summed E-state index contributed by atoms with van der Waals surface area (Å²) in [5.41, 5.74) is 1.59. The molecular weight excluding hydrogens is 176 g/mol. The Kier molecular flexibility index (Phi) is 4.80. The molecule has 5 heteroatoms. The fourth-order valence-corrected chi connectivity index (χ4v) is 2.51. The van der Waals surface area contributed by atoms with E-state index in [4.69, 9.17) is 14.0 Å². The Bertz CT molecular complexity index is 165. The Balaban J connectivity index is 4.11. The Morgan fingerprint density at radius 2 is 2.08 bits per heavy atom. The number of hydrogen-bond donors (Lipinski definition) is 1. The minimum absolute atomic E-state index is 0.0555. The number of hydrogen-bond acceptors (Lipinski definition) is 3. The van der Waals surface area contributed by atoms with Crippen molar-refractivity contribution in [1.29, 1.82) is 0 Å². The van der Waals surface area contributed by atoms with Crippen LogP contribution < -0.4 is 0 Å².